The first-order valence-corrected chi connectivity index (χ1v) is 12.1. The van der Waals surface area contributed by atoms with Gasteiger partial charge in [0.05, 0.1) is 16.6 Å². The predicted molar refractivity (Wildman–Crippen MR) is 141 cm³/mol. The maximum Gasteiger partial charge on any atom is 0.255 e. The highest BCUT2D eigenvalue weighted by molar-refractivity contribution is 6.00. The standard InChI is InChI=1S/C28H30FN5O2/c1-28(2,17-9-10-25(30-15-17)34-12-11-18(16-34)33(3)4)32-27(36)20-14-24-21(13-22(20)29)26(35)19-7-5-6-8-23(19)31-24/h5-10,13-15,18H,11-12,16H2,1-4H3,(H,31,35)(H,32,36)/t18-/m0/s1. The quantitative estimate of drug-likeness (QED) is 0.416. The van der Waals surface area contributed by atoms with E-state index in [1.807, 2.05) is 32.0 Å². The molecule has 1 atom stereocenters. The zero-order chi connectivity index (χ0) is 25.6. The molecule has 186 valence electrons. The summed E-state index contributed by atoms with van der Waals surface area (Å²) in [5.41, 5.74) is 0.663. The van der Waals surface area contributed by atoms with Crippen molar-refractivity contribution < 1.29 is 9.18 Å². The van der Waals surface area contributed by atoms with Gasteiger partial charge in [-0.2, -0.15) is 0 Å². The molecule has 0 unspecified atom stereocenters. The molecule has 0 bridgehead atoms. The summed E-state index contributed by atoms with van der Waals surface area (Å²) >= 11 is 0. The largest absolute Gasteiger partial charge is 0.355 e. The van der Waals surface area contributed by atoms with Crippen molar-refractivity contribution in [2.45, 2.75) is 31.8 Å². The Bertz CT molecular complexity index is 1510. The summed E-state index contributed by atoms with van der Waals surface area (Å²) in [5.74, 6) is -0.401. The maximum atomic E-state index is 15.0. The number of fused-ring (bicyclic) bond motifs is 2. The summed E-state index contributed by atoms with van der Waals surface area (Å²) in [6, 6.07) is 14.0. The smallest absolute Gasteiger partial charge is 0.255 e. The first-order valence-electron chi connectivity index (χ1n) is 12.1. The molecule has 8 heteroatoms. The second kappa shape index (κ2) is 9.02. The van der Waals surface area contributed by atoms with Gasteiger partial charge in [0.25, 0.3) is 5.91 Å². The molecular weight excluding hydrogens is 457 g/mol. The minimum atomic E-state index is -0.794. The molecule has 4 aromatic rings. The van der Waals surface area contributed by atoms with Crippen molar-refractivity contribution in [2.24, 2.45) is 0 Å². The molecule has 5 rings (SSSR count). The van der Waals surface area contributed by atoms with Gasteiger partial charge >= 0.3 is 0 Å². The van der Waals surface area contributed by atoms with Crippen molar-refractivity contribution in [1.82, 2.24) is 20.2 Å². The summed E-state index contributed by atoms with van der Waals surface area (Å²) in [6.07, 6.45) is 2.86. The number of pyridine rings is 2. The summed E-state index contributed by atoms with van der Waals surface area (Å²) < 4.78 is 15.0. The monoisotopic (exact) mass is 487 g/mol. The van der Waals surface area contributed by atoms with Gasteiger partial charge in [0.15, 0.2) is 5.43 Å². The fraction of sp³-hybridized carbons (Fsp3) is 0.321. The Kier molecular flexibility index (Phi) is 6.00. The van der Waals surface area contributed by atoms with Crippen molar-refractivity contribution in [2.75, 3.05) is 32.1 Å². The van der Waals surface area contributed by atoms with E-state index in [-0.39, 0.29) is 16.4 Å². The zero-order valence-corrected chi connectivity index (χ0v) is 20.9. The molecular formula is C28H30FN5O2. The molecule has 1 aliphatic heterocycles. The number of para-hydroxylation sites is 1. The van der Waals surface area contributed by atoms with Crippen LogP contribution in [0.2, 0.25) is 0 Å². The van der Waals surface area contributed by atoms with E-state index >= 15 is 4.39 Å². The summed E-state index contributed by atoms with van der Waals surface area (Å²) in [6.45, 7) is 5.59. The Balaban J connectivity index is 1.38. The first kappa shape index (κ1) is 23.9. The molecule has 1 fully saturated rings. The highest BCUT2D eigenvalue weighted by atomic mass is 19.1. The third kappa shape index (κ3) is 4.33. The Hall–Kier alpha value is -3.78. The average Bonchev–Trinajstić information content (AvgIpc) is 3.35. The molecule has 1 aliphatic rings. The van der Waals surface area contributed by atoms with Gasteiger partial charge < -0.3 is 20.1 Å². The number of hydrogen-bond acceptors (Lipinski definition) is 5. The van der Waals surface area contributed by atoms with Gasteiger partial charge in [0, 0.05) is 41.6 Å². The van der Waals surface area contributed by atoms with Gasteiger partial charge in [-0.15, -0.1) is 0 Å². The number of aromatic nitrogens is 2. The Labute approximate surface area is 208 Å². The number of nitrogens with zero attached hydrogens (tertiary/aromatic N) is 3. The lowest BCUT2D eigenvalue weighted by Gasteiger charge is -2.28. The average molecular weight is 488 g/mol. The van der Waals surface area contributed by atoms with E-state index in [2.05, 4.69) is 39.2 Å². The number of anilines is 1. The lowest BCUT2D eigenvalue weighted by molar-refractivity contribution is 0.0908. The molecule has 3 heterocycles. The second-order valence-corrected chi connectivity index (χ2v) is 10.2. The number of nitrogens with one attached hydrogen (secondary N) is 2. The summed E-state index contributed by atoms with van der Waals surface area (Å²) in [4.78, 5) is 38.2. The Morgan fingerprint density at radius 3 is 2.61 bits per heavy atom. The van der Waals surface area contributed by atoms with Crippen LogP contribution in [-0.2, 0) is 5.54 Å². The van der Waals surface area contributed by atoms with Crippen molar-refractivity contribution in [3.8, 4) is 0 Å². The van der Waals surface area contributed by atoms with Crippen molar-refractivity contribution >= 4 is 33.5 Å². The van der Waals surface area contributed by atoms with Crippen LogP contribution in [0.1, 0.15) is 36.2 Å². The van der Waals surface area contributed by atoms with Crippen LogP contribution < -0.4 is 15.6 Å². The van der Waals surface area contributed by atoms with Crippen LogP contribution in [0.5, 0.6) is 0 Å². The van der Waals surface area contributed by atoms with Gasteiger partial charge in [-0.25, -0.2) is 9.37 Å². The normalized spacial score (nSPS) is 16.3. The van der Waals surface area contributed by atoms with E-state index in [1.54, 1.807) is 24.4 Å². The third-order valence-electron chi connectivity index (χ3n) is 7.15. The fourth-order valence-corrected chi connectivity index (χ4v) is 4.86. The number of likely N-dealkylation sites (N-methyl/N-ethyl adjacent to an activating group) is 1. The van der Waals surface area contributed by atoms with Gasteiger partial charge in [0.2, 0.25) is 0 Å². The van der Waals surface area contributed by atoms with E-state index in [0.717, 1.165) is 37.0 Å². The lowest BCUT2D eigenvalue weighted by Crippen LogP contribution is -2.41. The molecule has 7 nitrogen and oxygen atoms in total. The Morgan fingerprint density at radius 1 is 1.14 bits per heavy atom. The molecule has 0 saturated carbocycles. The van der Waals surface area contributed by atoms with Crippen molar-refractivity contribution in [1.29, 1.82) is 0 Å². The van der Waals surface area contributed by atoms with Crippen LogP contribution in [0.3, 0.4) is 0 Å². The van der Waals surface area contributed by atoms with Gasteiger partial charge in [-0.05, 0) is 70.3 Å². The van der Waals surface area contributed by atoms with E-state index in [4.69, 9.17) is 0 Å². The lowest BCUT2D eigenvalue weighted by atomic mass is 9.95. The van der Waals surface area contributed by atoms with E-state index in [9.17, 15) is 9.59 Å². The topological polar surface area (TPSA) is 81.3 Å². The molecule has 2 N–H and O–H groups in total. The summed E-state index contributed by atoms with van der Waals surface area (Å²) in [7, 11) is 4.18. The predicted octanol–water partition coefficient (Wildman–Crippen LogP) is 4.02. The van der Waals surface area contributed by atoms with Crippen LogP contribution in [0.25, 0.3) is 21.8 Å². The van der Waals surface area contributed by atoms with Crippen LogP contribution in [-0.4, -0.2) is 54.0 Å². The van der Waals surface area contributed by atoms with Gasteiger partial charge in [-0.3, -0.25) is 9.59 Å². The molecule has 0 aliphatic carbocycles. The van der Waals surface area contributed by atoms with Gasteiger partial charge in [-0.1, -0.05) is 18.2 Å². The molecule has 0 spiro atoms. The molecule has 2 aromatic heterocycles. The number of hydrogen-bond donors (Lipinski definition) is 2. The van der Waals surface area contributed by atoms with E-state index in [1.165, 1.54) is 6.07 Å². The zero-order valence-electron chi connectivity index (χ0n) is 20.9. The van der Waals surface area contributed by atoms with Crippen LogP contribution >= 0.6 is 0 Å². The van der Waals surface area contributed by atoms with Crippen molar-refractivity contribution in [3.05, 3.63) is 81.9 Å². The minimum Gasteiger partial charge on any atom is -0.355 e. The van der Waals surface area contributed by atoms with Gasteiger partial charge in [0.1, 0.15) is 11.6 Å². The number of aromatic amines is 1. The highest BCUT2D eigenvalue weighted by Crippen LogP contribution is 2.26. The summed E-state index contributed by atoms with van der Waals surface area (Å²) in [5, 5.41) is 3.61. The number of halogens is 1. The highest BCUT2D eigenvalue weighted by Gasteiger charge is 2.28. The number of carbonyl (C=O) groups excluding carboxylic acids is 1. The second-order valence-electron chi connectivity index (χ2n) is 10.2. The van der Waals surface area contributed by atoms with Crippen LogP contribution in [0, 0.1) is 5.82 Å². The number of carbonyl (C=O) groups is 1. The number of rotatable bonds is 5. The maximum absolute atomic E-state index is 15.0. The molecule has 36 heavy (non-hydrogen) atoms. The van der Waals surface area contributed by atoms with Crippen molar-refractivity contribution in [3.63, 3.8) is 0 Å². The first-order chi connectivity index (χ1) is 17.1. The Morgan fingerprint density at radius 2 is 1.92 bits per heavy atom. The minimum absolute atomic E-state index is 0.127. The number of amides is 1. The molecule has 2 aromatic carbocycles. The fourth-order valence-electron chi connectivity index (χ4n) is 4.86. The van der Waals surface area contributed by atoms with E-state index in [0.29, 0.717) is 22.5 Å². The third-order valence-corrected chi connectivity index (χ3v) is 7.15. The van der Waals surface area contributed by atoms with E-state index < -0.39 is 17.3 Å². The number of H-pyrrole nitrogens is 1. The molecule has 0 radical (unpaired) electrons. The van der Waals surface area contributed by atoms with Crippen LogP contribution in [0.4, 0.5) is 10.2 Å². The SMILES string of the molecule is CN(C)[C@H]1CCN(c2ccc(C(C)(C)NC(=O)c3cc4[nH]c5ccccc5c(=O)c4cc3F)cn2)C1. The molecule has 1 amide bonds. The van der Waals surface area contributed by atoms with Crippen LogP contribution in [0.15, 0.2) is 59.5 Å². The number of benzene rings is 2. The molecule has 1 saturated heterocycles.